The van der Waals surface area contributed by atoms with E-state index < -0.39 is 0 Å². The van der Waals surface area contributed by atoms with Crippen LogP contribution in [0.5, 0.6) is 0 Å². The Kier molecular flexibility index (Phi) is 5.30. The van der Waals surface area contributed by atoms with Gasteiger partial charge in [-0.2, -0.15) is 0 Å². The van der Waals surface area contributed by atoms with Gasteiger partial charge < -0.3 is 5.32 Å². The molecule has 0 atom stereocenters. The van der Waals surface area contributed by atoms with Gasteiger partial charge in [-0.25, -0.2) is 0 Å². The molecule has 2 rings (SSSR count). The summed E-state index contributed by atoms with van der Waals surface area (Å²) in [4.78, 5) is 16.0. The summed E-state index contributed by atoms with van der Waals surface area (Å²) in [6.45, 7) is 2.71. The third kappa shape index (κ3) is 4.50. The van der Waals surface area contributed by atoms with Gasteiger partial charge in [0, 0.05) is 24.5 Å². The zero-order valence-corrected chi connectivity index (χ0v) is 11.8. The minimum atomic E-state index is 0.00933. The normalized spacial score (nSPS) is 10.2. The van der Waals surface area contributed by atoms with Crippen molar-refractivity contribution in [1.82, 2.24) is 10.3 Å². The van der Waals surface area contributed by atoms with Crippen LogP contribution in [0.25, 0.3) is 0 Å². The van der Waals surface area contributed by atoms with E-state index in [-0.39, 0.29) is 5.91 Å². The molecule has 0 radical (unpaired) electrons. The molecule has 0 saturated carbocycles. The van der Waals surface area contributed by atoms with Gasteiger partial charge in [0.15, 0.2) is 0 Å². The molecule has 1 amide bonds. The van der Waals surface area contributed by atoms with Gasteiger partial charge in [-0.15, -0.1) is 0 Å². The molecule has 0 spiro atoms. The third-order valence-corrected chi connectivity index (χ3v) is 3.18. The number of carbonyl (C=O) groups is 1. The molecule has 0 aliphatic carbocycles. The topological polar surface area (TPSA) is 42.0 Å². The van der Waals surface area contributed by atoms with E-state index in [4.69, 9.17) is 0 Å². The molecule has 0 fully saturated rings. The summed E-state index contributed by atoms with van der Waals surface area (Å²) >= 11 is 0. The molecule has 3 heteroatoms. The lowest BCUT2D eigenvalue weighted by Crippen LogP contribution is -2.24. The quantitative estimate of drug-likeness (QED) is 0.818. The first-order valence-electron chi connectivity index (χ1n) is 6.99. The summed E-state index contributed by atoms with van der Waals surface area (Å²) in [5, 5.41) is 2.96. The molecule has 20 heavy (non-hydrogen) atoms. The summed E-state index contributed by atoms with van der Waals surface area (Å²) in [6.07, 6.45) is 6.72. The summed E-state index contributed by atoms with van der Waals surface area (Å²) in [7, 11) is 0. The van der Waals surface area contributed by atoms with E-state index in [0.29, 0.717) is 6.54 Å². The van der Waals surface area contributed by atoms with E-state index in [1.807, 2.05) is 43.5 Å². The lowest BCUT2D eigenvalue weighted by molar-refractivity contribution is 0.0953. The van der Waals surface area contributed by atoms with E-state index in [9.17, 15) is 4.79 Å². The first-order valence-corrected chi connectivity index (χ1v) is 6.99. The monoisotopic (exact) mass is 268 g/mol. The van der Waals surface area contributed by atoms with Gasteiger partial charge in [-0.05, 0) is 49.9 Å². The van der Waals surface area contributed by atoms with Crippen LogP contribution in [0.2, 0.25) is 0 Å². The van der Waals surface area contributed by atoms with Crippen LogP contribution in [0.1, 0.15) is 34.3 Å². The van der Waals surface area contributed by atoms with Crippen molar-refractivity contribution >= 4 is 5.91 Å². The number of amides is 1. The van der Waals surface area contributed by atoms with Crippen molar-refractivity contribution in [3.8, 4) is 0 Å². The Balaban J connectivity index is 1.67. The van der Waals surface area contributed by atoms with E-state index in [0.717, 1.165) is 30.4 Å². The molecular weight excluding hydrogens is 248 g/mol. The Morgan fingerprint density at radius 2 is 2.10 bits per heavy atom. The maximum Gasteiger partial charge on any atom is 0.251 e. The third-order valence-electron chi connectivity index (χ3n) is 3.18. The Labute approximate surface area is 120 Å². The Morgan fingerprint density at radius 3 is 2.85 bits per heavy atom. The van der Waals surface area contributed by atoms with Crippen LogP contribution in [-0.2, 0) is 6.42 Å². The largest absolute Gasteiger partial charge is 0.352 e. The number of unbranched alkanes of at least 4 members (excludes halogenated alkanes) is 1. The van der Waals surface area contributed by atoms with Crippen molar-refractivity contribution in [2.75, 3.05) is 6.54 Å². The standard InChI is InChI=1S/C17H20N2O/c1-14-6-4-9-16(12-14)17(20)19-11-3-2-7-15-8-5-10-18-13-15/h4-6,8-10,12-13H,2-3,7,11H2,1H3,(H,19,20). The van der Waals surface area contributed by atoms with E-state index in [1.165, 1.54) is 5.56 Å². The average Bonchev–Trinajstić information content (AvgIpc) is 2.48. The fourth-order valence-corrected chi connectivity index (χ4v) is 2.09. The summed E-state index contributed by atoms with van der Waals surface area (Å²) < 4.78 is 0. The van der Waals surface area contributed by atoms with Crippen molar-refractivity contribution in [1.29, 1.82) is 0 Å². The number of hydrogen-bond donors (Lipinski definition) is 1. The van der Waals surface area contributed by atoms with Crippen LogP contribution in [0.4, 0.5) is 0 Å². The van der Waals surface area contributed by atoms with Crippen LogP contribution in [0.3, 0.4) is 0 Å². The van der Waals surface area contributed by atoms with Crippen LogP contribution >= 0.6 is 0 Å². The van der Waals surface area contributed by atoms with Gasteiger partial charge in [0.05, 0.1) is 0 Å². The number of hydrogen-bond acceptors (Lipinski definition) is 2. The smallest absolute Gasteiger partial charge is 0.251 e. The van der Waals surface area contributed by atoms with Gasteiger partial charge in [0.1, 0.15) is 0 Å². The number of nitrogens with zero attached hydrogens (tertiary/aromatic N) is 1. The Hall–Kier alpha value is -2.16. The second-order valence-corrected chi connectivity index (χ2v) is 4.94. The first kappa shape index (κ1) is 14.3. The van der Waals surface area contributed by atoms with Gasteiger partial charge in [0.25, 0.3) is 5.91 Å². The van der Waals surface area contributed by atoms with Gasteiger partial charge in [0.2, 0.25) is 0 Å². The van der Waals surface area contributed by atoms with Crippen molar-refractivity contribution in [3.63, 3.8) is 0 Å². The highest BCUT2D eigenvalue weighted by Gasteiger charge is 2.04. The van der Waals surface area contributed by atoms with Crippen molar-refractivity contribution in [2.24, 2.45) is 0 Å². The zero-order chi connectivity index (χ0) is 14.2. The van der Waals surface area contributed by atoms with Gasteiger partial charge in [-0.1, -0.05) is 23.8 Å². The van der Waals surface area contributed by atoms with Crippen molar-refractivity contribution < 1.29 is 4.79 Å². The lowest BCUT2D eigenvalue weighted by Gasteiger charge is -2.06. The highest BCUT2D eigenvalue weighted by atomic mass is 16.1. The number of nitrogens with one attached hydrogen (secondary N) is 1. The number of rotatable bonds is 6. The molecule has 1 N–H and O–H groups in total. The number of aromatic nitrogens is 1. The number of pyridine rings is 1. The van der Waals surface area contributed by atoms with Crippen LogP contribution in [0.15, 0.2) is 48.8 Å². The molecule has 104 valence electrons. The summed E-state index contributed by atoms with van der Waals surface area (Å²) in [5.41, 5.74) is 3.09. The van der Waals surface area contributed by atoms with Crippen molar-refractivity contribution in [3.05, 3.63) is 65.5 Å². The molecule has 0 aliphatic heterocycles. The van der Waals surface area contributed by atoms with Gasteiger partial charge >= 0.3 is 0 Å². The molecule has 0 aliphatic rings. The molecule has 1 heterocycles. The second-order valence-electron chi connectivity index (χ2n) is 4.94. The highest BCUT2D eigenvalue weighted by molar-refractivity contribution is 5.94. The van der Waals surface area contributed by atoms with Gasteiger partial charge in [-0.3, -0.25) is 9.78 Å². The number of aryl methyl sites for hydroxylation is 2. The van der Waals surface area contributed by atoms with E-state index >= 15 is 0 Å². The Morgan fingerprint density at radius 1 is 1.20 bits per heavy atom. The fourth-order valence-electron chi connectivity index (χ4n) is 2.09. The van der Waals surface area contributed by atoms with Crippen LogP contribution < -0.4 is 5.32 Å². The molecule has 1 aromatic carbocycles. The second kappa shape index (κ2) is 7.43. The molecule has 3 nitrogen and oxygen atoms in total. The lowest BCUT2D eigenvalue weighted by atomic mass is 10.1. The predicted octanol–water partition coefficient (Wildman–Crippen LogP) is 3.14. The first-order chi connectivity index (χ1) is 9.75. The molecule has 0 bridgehead atoms. The molecule has 2 aromatic rings. The highest BCUT2D eigenvalue weighted by Crippen LogP contribution is 2.05. The summed E-state index contributed by atoms with van der Waals surface area (Å²) in [5.74, 6) is 0.00933. The molecule has 0 saturated heterocycles. The van der Waals surface area contributed by atoms with E-state index in [2.05, 4.69) is 16.4 Å². The number of benzene rings is 1. The van der Waals surface area contributed by atoms with Crippen molar-refractivity contribution in [2.45, 2.75) is 26.2 Å². The maximum atomic E-state index is 11.9. The van der Waals surface area contributed by atoms with Crippen LogP contribution in [0, 0.1) is 6.92 Å². The molecular formula is C17H20N2O. The summed E-state index contributed by atoms with van der Waals surface area (Å²) in [6, 6.07) is 11.7. The Bertz CT molecular complexity index is 552. The SMILES string of the molecule is Cc1cccc(C(=O)NCCCCc2cccnc2)c1. The van der Waals surface area contributed by atoms with Crippen LogP contribution in [-0.4, -0.2) is 17.4 Å². The maximum absolute atomic E-state index is 11.9. The fraction of sp³-hybridized carbons (Fsp3) is 0.294. The minimum Gasteiger partial charge on any atom is -0.352 e. The minimum absolute atomic E-state index is 0.00933. The zero-order valence-electron chi connectivity index (χ0n) is 11.8. The molecule has 1 aromatic heterocycles. The molecule has 0 unspecified atom stereocenters. The average molecular weight is 268 g/mol. The number of carbonyl (C=O) groups excluding carboxylic acids is 1. The predicted molar refractivity (Wildman–Crippen MR) is 80.7 cm³/mol. The van der Waals surface area contributed by atoms with E-state index in [1.54, 1.807) is 6.20 Å².